The van der Waals surface area contributed by atoms with E-state index >= 15 is 0 Å². The van der Waals surface area contributed by atoms with Crippen LogP contribution in [0, 0.1) is 0 Å². The van der Waals surface area contributed by atoms with E-state index in [1.807, 2.05) is 0 Å². The molecule has 1 saturated heterocycles. The fraction of sp³-hybridized carbons (Fsp3) is 0.350. The van der Waals surface area contributed by atoms with E-state index in [0.717, 1.165) is 13.1 Å². The van der Waals surface area contributed by atoms with Gasteiger partial charge in [0.1, 0.15) is 13.1 Å². The van der Waals surface area contributed by atoms with Gasteiger partial charge in [0.15, 0.2) is 11.5 Å². The van der Waals surface area contributed by atoms with E-state index in [4.69, 9.17) is 9.15 Å². The molecule has 0 unspecified atom stereocenters. The van der Waals surface area contributed by atoms with E-state index in [0.29, 0.717) is 31.9 Å². The highest BCUT2D eigenvalue weighted by molar-refractivity contribution is 6.14. The quantitative estimate of drug-likeness (QED) is 0.689. The lowest BCUT2D eigenvalue weighted by Crippen LogP contribution is -3.14. The molecule has 1 amide bonds. The molecule has 0 radical (unpaired) electrons. The van der Waals surface area contributed by atoms with Crippen LogP contribution in [0.5, 0.6) is 0 Å². The van der Waals surface area contributed by atoms with Crippen molar-refractivity contribution in [2.45, 2.75) is 6.04 Å². The first-order chi connectivity index (χ1) is 13.7. The SMILES string of the molecule is O=C(C1=C(O)C(=O)N(CC[NH+]2CCOCC2)[C@@H]1c1cccnc1)c1ccco1. The third-order valence-corrected chi connectivity index (χ3v) is 5.20. The molecule has 2 aromatic heterocycles. The number of Topliss-reactive ketones (excluding diaryl/α,β-unsaturated/α-hetero) is 1. The third-order valence-electron chi connectivity index (χ3n) is 5.20. The number of nitrogens with one attached hydrogen (secondary N) is 1. The third kappa shape index (κ3) is 3.44. The zero-order chi connectivity index (χ0) is 19.5. The fourth-order valence-corrected chi connectivity index (χ4v) is 3.73. The van der Waals surface area contributed by atoms with Gasteiger partial charge in [-0.05, 0) is 23.8 Å². The van der Waals surface area contributed by atoms with Crippen LogP contribution >= 0.6 is 0 Å². The minimum atomic E-state index is -0.695. The van der Waals surface area contributed by atoms with Crippen LogP contribution in [0.15, 0.2) is 58.7 Å². The molecule has 8 heteroatoms. The molecule has 2 aliphatic rings. The van der Waals surface area contributed by atoms with Crippen LogP contribution in [-0.2, 0) is 9.53 Å². The number of hydrogen-bond donors (Lipinski definition) is 2. The number of ether oxygens (including phenoxy) is 1. The Balaban J connectivity index is 1.64. The minimum Gasteiger partial charge on any atom is -0.503 e. The Hall–Kier alpha value is -2.97. The molecule has 1 atom stereocenters. The lowest BCUT2D eigenvalue weighted by atomic mass is 9.96. The van der Waals surface area contributed by atoms with Crippen LogP contribution in [0.3, 0.4) is 0 Å². The van der Waals surface area contributed by atoms with Gasteiger partial charge < -0.3 is 24.1 Å². The average Bonchev–Trinajstić information content (AvgIpc) is 3.36. The standard InChI is InChI=1S/C20H21N3O5/c24-18(15-4-2-10-28-15)16-17(14-3-1-5-21-13-14)23(20(26)19(16)25)7-6-22-8-11-27-12-9-22/h1-5,10,13,17,25H,6-9,11-12H2/p+1/t17-/m1/s1. The number of aromatic nitrogens is 1. The number of ketones is 1. The number of carbonyl (C=O) groups excluding carboxylic acids is 2. The summed E-state index contributed by atoms with van der Waals surface area (Å²) in [5.41, 5.74) is 0.705. The normalized spacial score (nSPS) is 20.8. The largest absolute Gasteiger partial charge is 0.503 e. The van der Waals surface area contributed by atoms with Crippen LogP contribution in [0.1, 0.15) is 22.2 Å². The molecule has 4 heterocycles. The topological polar surface area (TPSA) is 97.3 Å². The Bertz CT molecular complexity index is 873. The molecule has 1 fully saturated rings. The van der Waals surface area contributed by atoms with Gasteiger partial charge in [-0.15, -0.1) is 0 Å². The van der Waals surface area contributed by atoms with E-state index < -0.39 is 23.5 Å². The molecule has 4 rings (SSSR count). The molecule has 28 heavy (non-hydrogen) atoms. The highest BCUT2D eigenvalue weighted by atomic mass is 16.5. The number of rotatable bonds is 6. The molecule has 0 saturated carbocycles. The zero-order valence-corrected chi connectivity index (χ0v) is 15.3. The molecular weight excluding hydrogens is 362 g/mol. The van der Waals surface area contributed by atoms with Crippen LogP contribution in [0.25, 0.3) is 0 Å². The number of hydrogen-bond acceptors (Lipinski definition) is 6. The smallest absolute Gasteiger partial charge is 0.290 e. The lowest BCUT2D eigenvalue weighted by molar-refractivity contribution is -0.907. The van der Waals surface area contributed by atoms with E-state index in [1.54, 1.807) is 35.5 Å². The average molecular weight is 384 g/mol. The van der Waals surface area contributed by atoms with Crippen LogP contribution in [-0.4, -0.2) is 66.1 Å². The predicted octanol–water partition coefficient (Wildman–Crippen LogP) is 0.168. The van der Waals surface area contributed by atoms with Gasteiger partial charge in [0.05, 0.1) is 44.2 Å². The monoisotopic (exact) mass is 384 g/mol. The number of nitrogens with zero attached hydrogens (tertiary/aromatic N) is 2. The number of amides is 1. The fourth-order valence-electron chi connectivity index (χ4n) is 3.73. The summed E-state index contributed by atoms with van der Waals surface area (Å²) in [6, 6.07) is 5.97. The van der Waals surface area contributed by atoms with E-state index in [1.165, 1.54) is 17.2 Å². The number of furan rings is 1. The summed E-state index contributed by atoms with van der Waals surface area (Å²) in [6.45, 7) is 4.25. The number of quaternary nitrogens is 1. The van der Waals surface area contributed by atoms with Crippen molar-refractivity contribution in [3.8, 4) is 0 Å². The van der Waals surface area contributed by atoms with Gasteiger partial charge in [-0.2, -0.15) is 0 Å². The maximum absolute atomic E-state index is 13.0. The van der Waals surface area contributed by atoms with Gasteiger partial charge in [-0.1, -0.05) is 6.07 Å². The minimum absolute atomic E-state index is 0.0323. The number of morpholine rings is 1. The Labute approximate surface area is 162 Å². The highest BCUT2D eigenvalue weighted by Gasteiger charge is 2.44. The Morgan fingerprint density at radius 2 is 2.11 bits per heavy atom. The van der Waals surface area contributed by atoms with Crippen molar-refractivity contribution in [3.63, 3.8) is 0 Å². The molecule has 0 aliphatic carbocycles. The van der Waals surface area contributed by atoms with Gasteiger partial charge in [-0.3, -0.25) is 14.6 Å². The van der Waals surface area contributed by atoms with Gasteiger partial charge in [0.2, 0.25) is 5.78 Å². The van der Waals surface area contributed by atoms with E-state index in [9.17, 15) is 14.7 Å². The highest BCUT2D eigenvalue weighted by Crippen LogP contribution is 2.38. The first-order valence-electron chi connectivity index (χ1n) is 9.30. The number of carbonyl (C=O) groups is 2. The Morgan fingerprint density at radius 1 is 1.29 bits per heavy atom. The number of aliphatic hydroxyl groups is 1. The first kappa shape index (κ1) is 18.4. The summed E-state index contributed by atoms with van der Waals surface area (Å²) in [4.78, 5) is 32.8. The van der Waals surface area contributed by atoms with Crippen molar-refractivity contribution in [1.29, 1.82) is 0 Å². The Kier molecular flexibility index (Phi) is 5.23. The molecule has 0 bridgehead atoms. The zero-order valence-electron chi connectivity index (χ0n) is 15.3. The molecule has 2 aromatic rings. The first-order valence-corrected chi connectivity index (χ1v) is 9.30. The molecule has 2 aliphatic heterocycles. The summed E-state index contributed by atoms with van der Waals surface area (Å²) in [6.07, 6.45) is 4.63. The lowest BCUT2D eigenvalue weighted by Gasteiger charge is -2.29. The van der Waals surface area contributed by atoms with Crippen LogP contribution < -0.4 is 4.90 Å². The van der Waals surface area contributed by atoms with Gasteiger partial charge in [-0.25, -0.2) is 0 Å². The van der Waals surface area contributed by atoms with Gasteiger partial charge in [0, 0.05) is 12.4 Å². The second-order valence-corrected chi connectivity index (χ2v) is 6.87. The molecule has 0 spiro atoms. The van der Waals surface area contributed by atoms with E-state index in [-0.39, 0.29) is 11.3 Å². The maximum Gasteiger partial charge on any atom is 0.290 e. The molecular formula is C20H22N3O5+. The predicted molar refractivity (Wildman–Crippen MR) is 97.8 cm³/mol. The second kappa shape index (κ2) is 7.95. The van der Waals surface area contributed by atoms with E-state index in [2.05, 4.69) is 4.98 Å². The van der Waals surface area contributed by atoms with Crippen molar-refractivity contribution < 1.29 is 28.7 Å². The number of pyridine rings is 1. The van der Waals surface area contributed by atoms with Crippen molar-refractivity contribution in [3.05, 3.63) is 65.6 Å². The summed E-state index contributed by atoms with van der Waals surface area (Å²) in [5.74, 6) is -1.47. The van der Waals surface area contributed by atoms with Crippen LogP contribution in [0.2, 0.25) is 0 Å². The van der Waals surface area contributed by atoms with Crippen molar-refractivity contribution in [2.24, 2.45) is 0 Å². The summed E-state index contributed by atoms with van der Waals surface area (Å²) in [5, 5.41) is 10.5. The van der Waals surface area contributed by atoms with Gasteiger partial charge in [0.25, 0.3) is 5.91 Å². The molecule has 2 N–H and O–H groups in total. The van der Waals surface area contributed by atoms with Crippen molar-refractivity contribution in [2.75, 3.05) is 39.4 Å². The summed E-state index contributed by atoms with van der Waals surface area (Å²) < 4.78 is 10.6. The summed E-state index contributed by atoms with van der Waals surface area (Å²) >= 11 is 0. The maximum atomic E-state index is 13.0. The Morgan fingerprint density at radius 3 is 2.79 bits per heavy atom. The van der Waals surface area contributed by atoms with Crippen LogP contribution in [0.4, 0.5) is 0 Å². The summed E-state index contributed by atoms with van der Waals surface area (Å²) in [7, 11) is 0. The molecule has 8 nitrogen and oxygen atoms in total. The van der Waals surface area contributed by atoms with Crippen molar-refractivity contribution in [1.82, 2.24) is 9.88 Å². The molecule has 146 valence electrons. The van der Waals surface area contributed by atoms with Gasteiger partial charge >= 0.3 is 0 Å². The number of aliphatic hydroxyl groups excluding tert-OH is 1. The van der Waals surface area contributed by atoms with Crippen molar-refractivity contribution >= 4 is 11.7 Å². The second-order valence-electron chi connectivity index (χ2n) is 6.87. The molecule has 0 aromatic carbocycles.